The number of carbonyl (C=O) groups excluding carboxylic acids is 1. The Kier molecular flexibility index (Phi) is 5.82. The van der Waals surface area contributed by atoms with Gasteiger partial charge in [-0.25, -0.2) is 19.2 Å². The number of rotatable bonds is 3. The first-order valence-corrected chi connectivity index (χ1v) is 11.3. The van der Waals surface area contributed by atoms with Crippen LogP contribution in [0, 0.1) is 12.7 Å². The van der Waals surface area contributed by atoms with Crippen molar-refractivity contribution in [1.82, 2.24) is 14.9 Å². The second-order valence-electron chi connectivity index (χ2n) is 8.75. The van der Waals surface area contributed by atoms with Crippen LogP contribution in [0.2, 0.25) is 0 Å². The van der Waals surface area contributed by atoms with E-state index in [1.165, 1.54) is 6.20 Å². The second kappa shape index (κ2) is 8.94. The number of nitrogens with two attached hydrogens (primary N) is 1. The van der Waals surface area contributed by atoms with Gasteiger partial charge in [0.05, 0.1) is 5.69 Å². The number of halogens is 1. The quantitative estimate of drug-likeness (QED) is 0.500. The molecule has 1 fully saturated rings. The van der Waals surface area contributed by atoms with Crippen molar-refractivity contribution in [3.05, 3.63) is 35.9 Å². The van der Waals surface area contributed by atoms with Gasteiger partial charge >= 0.3 is 6.09 Å². The zero-order valence-corrected chi connectivity index (χ0v) is 19.2. The molecule has 1 aromatic carbocycles. The minimum Gasteiger partial charge on any atom is -0.474 e. The van der Waals surface area contributed by atoms with Crippen molar-refractivity contribution in [2.45, 2.75) is 25.9 Å². The average molecular weight is 467 g/mol. The van der Waals surface area contributed by atoms with Crippen LogP contribution in [0.15, 0.2) is 24.5 Å². The number of nitrogens with zero attached hydrogens (tertiary/aromatic N) is 3. The van der Waals surface area contributed by atoms with E-state index in [4.69, 9.17) is 15.2 Å². The molecule has 2 aliphatic rings. The molecule has 0 saturated carbocycles. The molecule has 9 nitrogen and oxygen atoms in total. The summed E-state index contributed by atoms with van der Waals surface area (Å²) in [5.74, 6) is 0.256. The van der Waals surface area contributed by atoms with Crippen LogP contribution in [-0.4, -0.2) is 60.4 Å². The Morgan fingerprint density at radius 1 is 1.32 bits per heavy atom. The molecule has 34 heavy (non-hydrogen) atoms. The molecule has 0 radical (unpaired) electrons. The maximum absolute atomic E-state index is 15.3. The van der Waals surface area contributed by atoms with E-state index in [-0.39, 0.29) is 11.8 Å². The molecule has 0 aliphatic carbocycles. The molecule has 1 saturated heterocycles. The maximum Gasteiger partial charge on any atom is 0.413 e. The lowest BCUT2D eigenvalue weighted by Gasteiger charge is -2.29. The van der Waals surface area contributed by atoms with Gasteiger partial charge in [0.25, 0.3) is 0 Å². The number of ether oxygens (including phenoxy) is 2. The first-order chi connectivity index (χ1) is 16.4. The van der Waals surface area contributed by atoms with E-state index < -0.39 is 11.9 Å². The molecular formula is C24H27FN6O3. The number of carbonyl (C=O) groups is 1. The lowest BCUT2D eigenvalue weighted by atomic mass is 9.97. The van der Waals surface area contributed by atoms with Gasteiger partial charge in [-0.05, 0) is 56.4 Å². The Morgan fingerprint density at radius 2 is 2.18 bits per heavy atom. The van der Waals surface area contributed by atoms with Crippen molar-refractivity contribution in [2.75, 3.05) is 49.7 Å². The van der Waals surface area contributed by atoms with Gasteiger partial charge < -0.3 is 25.4 Å². The van der Waals surface area contributed by atoms with Gasteiger partial charge in [-0.3, -0.25) is 5.32 Å². The number of pyridine rings is 2. The smallest absolute Gasteiger partial charge is 0.413 e. The highest BCUT2D eigenvalue weighted by Crippen LogP contribution is 2.39. The Balaban J connectivity index is 1.45. The number of likely N-dealkylation sites (N-methyl/N-ethyl adjacent to an activating group) is 1. The summed E-state index contributed by atoms with van der Waals surface area (Å²) in [6, 6.07) is 3.35. The van der Waals surface area contributed by atoms with Gasteiger partial charge in [0.15, 0.2) is 5.82 Å². The number of hydrogen-bond donors (Lipinski definition) is 3. The van der Waals surface area contributed by atoms with Gasteiger partial charge in [-0.2, -0.15) is 0 Å². The van der Waals surface area contributed by atoms with Crippen molar-refractivity contribution in [1.29, 1.82) is 0 Å². The first-order valence-electron chi connectivity index (χ1n) is 11.3. The molecule has 178 valence electrons. The number of piperidine rings is 1. The number of anilines is 3. The van der Waals surface area contributed by atoms with E-state index in [0.717, 1.165) is 30.6 Å². The Hall–Kier alpha value is -3.66. The van der Waals surface area contributed by atoms with Crippen molar-refractivity contribution in [3.8, 4) is 17.0 Å². The fourth-order valence-electron chi connectivity index (χ4n) is 4.56. The molecule has 10 heteroatoms. The monoisotopic (exact) mass is 466 g/mol. The van der Waals surface area contributed by atoms with Gasteiger partial charge in [-0.1, -0.05) is 0 Å². The standard InChI is InChI=1S/C24H27FN6O3/c1-13-17(10-29-23-22(13)27-5-7-33-23)16-8-14-9-19(28-11-18(14)21(26)20(16)25)30-24(32)34-15-4-3-6-31(2)12-15/h8-11,15,27H,3-7,12,26H2,1-2H3,(H,28,30,32)/t15-/m0/s1. The number of nitrogen functional groups attached to an aromatic ring is 1. The van der Waals surface area contributed by atoms with Crippen LogP contribution in [0.5, 0.6) is 5.88 Å². The largest absolute Gasteiger partial charge is 0.474 e. The number of likely N-dealkylation sites (tertiary alicyclic amines) is 1. The predicted octanol–water partition coefficient (Wildman–Crippen LogP) is 3.77. The molecule has 2 aliphatic heterocycles. The van der Waals surface area contributed by atoms with Crippen LogP contribution in [0.1, 0.15) is 18.4 Å². The minimum atomic E-state index is -0.566. The van der Waals surface area contributed by atoms with Gasteiger partial charge in [-0.15, -0.1) is 0 Å². The predicted molar refractivity (Wildman–Crippen MR) is 129 cm³/mol. The van der Waals surface area contributed by atoms with Crippen LogP contribution in [0.4, 0.5) is 26.4 Å². The van der Waals surface area contributed by atoms with Gasteiger partial charge in [0.2, 0.25) is 5.88 Å². The third-order valence-corrected chi connectivity index (χ3v) is 6.32. The number of fused-ring (bicyclic) bond motifs is 2. The number of aromatic nitrogens is 2. The molecule has 0 bridgehead atoms. The summed E-state index contributed by atoms with van der Waals surface area (Å²) < 4.78 is 26.4. The van der Waals surface area contributed by atoms with Crippen LogP contribution in [0.3, 0.4) is 0 Å². The van der Waals surface area contributed by atoms with E-state index in [1.807, 2.05) is 14.0 Å². The SMILES string of the molecule is Cc1c(-c2cc3cc(NC(=O)O[C@H]4CCCN(C)C4)ncc3c(N)c2F)cnc2c1NCCO2. The van der Waals surface area contributed by atoms with Crippen LogP contribution in [-0.2, 0) is 4.74 Å². The summed E-state index contributed by atoms with van der Waals surface area (Å²) in [6.07, 6.45) is 4.12. The lowest BCUT2D eigenvalue weighted by Crippen LogP contribution is -2.38. The van der Waals surface area contributed by atoms with Crippen molar-refractivity contribution in [2.24, 2.45) is 0 Å². The Labute approximate surface area is 196 Å². The highest BCUT2D eigenvalue weighted by atomic mass is 19.1. The second-order valence-corrected chi connectivity index (χ2v) is 8.75. The first kappa shape index (κ1) is 22.1. The lowest BCUT2D eigenvalue weighted by molar-refractivity contribution is 0.0593. The van der Waals surface area contributed by atoms with E-state index in [0.29, 0.717) is 53.3 Å². The van der Waals surface area contributed by atoms with Gasteiger partial charge in [0, 0.05) is 42.0 Å². The van der Waals surface area contributed by atoms with E-state index in [2.05, 4.69) is 25.5 Å². The zero-order chi connectivity index (χ0) is 23.8. The van der Waals surface area contributed by atoms with E-state index in [1.54, 1.807) is 18.3 Å². The highest BCUT2D eigenvalue weighted by Gasteiger charge is 2.23. The Bertz CT molecular complexity index is 1270. The normalized spacial score (nSPS) is 18.0. The summed E-state index contributed by atoms with van der Waals surface area (Å²) in [5, 5.41) is 7.04. The van der Waals surface area contributed by atoms with E-state index in [9.17, 15) is 4.79 Å². The number of benzene rings is 1. The molecule has 3 aromatic rings. The fraction of sp³-hybridized carbons (Fsp3) is 0.375. The van der Waals surface area contributed by atoms with Crippen molar-refractivity contribution >= 4 is 34.1 Å². The molecule has 2 aromatic heterocycles. The summed E-state index contributed by atoms with van der Waals surface area (Å²) >= 11 is 0. The van der Waals surface area contributed by atoms with Crippen LogP contribution < -0.4 is 21.1 Å². The van der Waals surface area contributed by atoms with Gasteiger partial charge in [0.1, 0.15) is 24.2 Å². The topological polar surface area (TPSA) is 115 Å². The number of nitrogens with one attached hydrogen (secondary N) is 2. The molecule has 5 rings (SSSR count). The molecular weight excluding hydrogens is 439 g/mol. The third-order valence-electron chi connectivity index (χ3n) is 6.32. The Morgan fingerprint density at radius 3 is 3.00 bits per heavy atom. The highest BCUT2D eigenvalue weighted by molar-refractivity contribution is 5.99. The average Bonchev–Trinajstić information content (AvgIpc) is 2.82. The molecule has 1 amide bonds. The fourth-order valence-corrected chi connectivity index (χ4v) is 4.56. The third kappa shape index (κ3) is 4.16. The molecule has 4 heterocycles. The summed E-state index contributed by atoms with van der Waals surface area (Å²) in [4.78, 5) is 23.1. The van der Waals surface area contributed by atoms with Crippen molar-refractivity contribution in [3.63, 3.8) is 0 Å². The summed E-state index contributed by atoms with van der Waals surface area (Å²) in [5.41, 5.74) is 8.61. The molecule has 4 N–H and O–H groups in total. The van der Waals surface area contributed by atoms with E-state index >= 15 is 4.39 Å². The molecule has 0 spiro atoms. The number of hydrogen-bond acceptors (Lipinski definition) is 8. The molecule has 0 unspecified atom stereocenters. The summed E-state index contributed by atoms with van der Waals surface area (Å²) in [6.45, 7) is 4.76. The van der Waals surface area contributed by atoms with Crippen molar-refractivity contribution < 1.29 is 18.7 Å². The summed E-state index contributed by atoms with van der Waals surface area (Å²) in [7, 11) is 2.00. The maximum atomic E-state index is 15.3. The van der Waals surface area contributed by atoms with Crippen LogP contribution in [0.25, 0.3) is 21.9 Å². The minimum absolute atomic E-state index is 0.0132. The number of amides is 1. The zero-order valence-electron chi connectivity index (χ0n) is 19.2. The van der Waals surface area contributed by atoms with Crippen LogP contribution >= 0.6 is 0 Å². The molecule has 1 atom stereocenters.